The fourth-order valence-electron chi connectivity index (χ4n) is 2.17. The topological polar surface area (TPSA) is 72.7 Å². The monoisotopic (exact) mass is 415 g/mol. The summed E-state index contributed by atoms with van der Waals surface area (Å²) in [6.45, 7) is -0.311. The predicted molar refractivity (Wildman–Crippen MR) is 93.3 cm³/mol. The van der Waals surface area contributed by atoms with Gasteiger partial charge in [0.15, 0.2) is 0 Å². The van der Waals surface area contributed by atoms with Crippen LogP contribution in [0.3, 0.4) is 0 Å². The molecule has 0 spiro atoms. The molecular weight excluding hydrogens is 406 g/mol. The molecule has 0 saturated carbocycles. The number of hydrogen-bond donors (Lipinski definition) is 1. The molecule has 2 aromatic carbocycles. The highest BCUT2D eigenvalue weighted by Crippen LogP contribution is 2.31. The molecule has 1 amide bonds. The fraction of sp³-hybridized carbons (Fsp3) is 0.125. The summed E-state index contributed by atoms with van der Waals surface area (Å²) in [5.41, 5.74) is -0.383. The smallest absolute Gasteiger partial charge is 0.323 e. The Hall–Kier alpha value is -2.65. The molecule has 0 atom stereocenters. The van der Waals surface area contributed by atoms with Crippen LogP contribution in [-0.2, 0) is 17.5 Å². The zero-order valence-electron chi connectivity index (χ0n) is 13.3. The molecule has 1 N–H and O–H groups in total. The first-order valence-electron chi connectivity index (χ1n) is 7.43. The fourth-order valence-corrected chi connectivity index (χ4v) is 2.51. The quantitative estimate of drug-likeness (QED) is 0.689. The van der Waals surface area contributed by atoms with Crippen LogP contribution in [-0.4, -0.2) is 26.1 Å². The maximum atomic E-state index is 12.8. The van der Waals surface area contributed by atoms with Gasteiger partial charge in [0.05, 0.1) is 16.3 Å². The van der Waals surface area contributed by atoms with Gasteiger partial charge in [0.2, 0.25) is 11.7 Å². The van der Waals surface area contributed by atoms with Crippen molar-refractivity contribution in [2.45, 2.75) is 12.7 Å². The second kappa shape index (κ2) is 7.53. The van der Waals surface area contributed by atoms with Gasteiger partial charge in [-0.15, -0.1) is 10.2 Å². The molecule has 0 bridgehead atoms. The number of alkyl halides is 3. The Balaban J connectivity index is 1.73. The van der Waals surface area contributed by atoms with Crippen molar-refractivity contribution in [1.29, 1.82) is 0 Å². The van der Waals surface area contributed by atoms with Crippen LogP contribution in [0.1, 0.15) is 5.56 Å². The molecule has 1 heterocycles. The number of amides is 1. The zero-order chi connectivity index (χ0) is 19.6. The lowest BCUT2D eigenvalue weighted by Gasteiger charge is -2.07. The number of anilines is 1. The summed E-state index contributed by atoms with van der Waals surface area (Å²) in [5.74, 6) is -0.540. The maximum Gasteiger partial charge on any atom is 0.416 e. The number of nitrogens with one attached hydrogen (secondary N) is 1. The average Bonchev–Trinajstić information content (AvgIpc) is 3.06. The van der Waals surface area contributed by atoms with Crippen molar-refractivity contribution in [3.8, 4) is 11.4 Å². The van der Waals surface area contributed by atoms with Crippen LogP contribution in [0.2, 0.25) is 10.0 Å². The number of aromatic nitrogens is 4. The zero-order valence-corrected chi connectivity index (χ0v) is 14.8. The first-order valence-corrected chi connectivity index (χ1v) is 8.18. The molecule has 0 aliphatic rings. The average molecular weight is 416 g/mol. The van der Waals surface area contributed by atoms with E-state index in [2.05, 4.69) is 20.7 Å². The van der Waals surface area contributed by atoms with Crippen molar-refractivity contribution in [3.05, 3.63) is 58.1 Å². The van der Waals surface area contributed by atoms with Crippen LogP contribution >= 0.6 is 23.2 Å². The third-order valence-electron chi connectivity index (χ3n) is 3.39. The molecule has 27 heavy (non-hydrogen) atoms. The van der Waals surface area contributed by atoms with E-state index >= 15 is 0 Å². The SMILES string of the molecule is O=C(Cn1nnc(-c2cccc(C(F)(F)F)c2)n1)Nc1cc(Cl)ccc1Cl. The molecule has 3 rings (SSSR count). The van der Waals surface area contributed by atoms with Gasteiger partial charge >= 0.3 is 6.18 Å². The van der Waals surface area contributed by atoms with Gasteiger partial charge in [0, 0.05) is 10.6 Å². The summed E-state index contributed by atoms with van der Waals surface area (Å²) in [6.07, 6.45) is -4.48. The highest BCUT2D eigenvalue weighted by molar-refractivity contribution is 6.35. The molecule has 0 fully saturated rings. The van der Waals surface area contributed by atoms with E-state index < -0.39 is 17.6 Å². The van der Waals surface area contributed by atoms with Gasteiger partial charge < -0.3 is 5.32 Å². The lowest BCUT2D eigenvalue weighted by Crippen LogP contribution is -2.20. The van der Waals surface area contributed by atoms with Crippen LogP contribution in [0.25, 0.3) is 11.4 Å². The Morgan fingerprint density at radius 3 is 2.67 bits per heavy atom. The van der Waals surface area contributed by atoms with Crippen LogP contribution in [0.15, 0.2) is 42.5 Å². The number of rotatable bonds is 4. The summed E-state index contributed by atoms with van der Waals surface area (Å²) in [4.78, 5) is 13.0. The molecule has 6 nitrogen and oxygen atoms in total. The molecular formula is C16H10Cl2F3N5O. The highest BCUT2D eigenvalue weighted by Gasteiger charge is 2.30. The number of hydrogen-bond acceptors (Lipinski definition) is 4. The minimum Gasteiger partial charge on any atom is -0.323 e. The standard InChI is InChI=1S/C16H10Cl2F3N5O/c17-11-4-5-12(18)13(7-11)22-14(27)8-26-24-15(23-25-26)9-2-1-3-10(6-9)16(19,20)21/h1-7H,8H2,(H,22,27). The van der Waals surface area contributed by atoms with Crippen molar-refractivity contribution < 1.29 is 18.0 Å². The molecule has 0 aliphatic heterocycles. The van der Waals surface area contributed by atoms with E-state index in [0.717, 1.165) is 16.9 Å². The van der Waals surface area contributed by atoms with Gasteiger partial charge in [-0.1, -0.05) is 35.3 Å². The summed E-state index contributed by atoms with van der Waals surface area (Å²) in [6, 6.07) is 9.09. The number of benzene rings is 2. The molecule has 11 heteroatoms. The largest absolute Gasteiger partial charge is 0.416 e. The first kappa shape index (κ1) is 19.1. The third kappa shape index (κ3) is 4.75. The number of halogens is 5. The van der Waals surface area contributed by atoms with Gasteiger partial charge in [0.25, 0.3) is 0 Å². The van der Waals surface area contributed by atoms with E-state index in [0.29, 0.717) is 15.7 Å². The van der Waals surface area contributed by atoms with Crippen LogP contribution in [0, 0.1) is 0 Å². The lowest BCUT2D eigenvalue weighted by atomic mass is 10.1. The van der Waals surface area contributed by atoms with Crippen molar-refractivity contribution in [2.75, 3.05) is 5.32 Å². The number of tetrazole rings is 1. The normalized spacial score (nSPS) is 11.4. The summed E-state index contributed by atoms with van der Waals surface area (Å²) in [5, 5.41) is 14.5. The Kier molecular flexibility index (Phi) is 5.33. The minimum atomic E-state index is -4.48. The third-order valence-corrected chi connectivity index (χ3v) is 3.95. The number of nitrogens with zero attached hydrogens (tertiary/aromatic N) is 4. The summed E-state index contributed by atoms with van der Waals surface area (Å²) < 4.78 is 38.4. The maximum absolute atomic E-state index is 12.8. The van der Waals surface area contributed by atoms with Crippen molar-refractivity contribution in [1.82, 2.24) is 20.2 Å². The summed E-state index contributed by atoms with van der Waals surface area (Å²) in [7, 11) is 0. The molecule has 3 aromatic rings. The van der Waals surface area contributed by atoms with Gasteiger partial charge in [-0.2, -0.15) is 18.0 Å². The van der Waals surface area contributed by atoms with E-state index in [4.69, 9.17) is 23.2 Å². The Morgan fingerprint density at radius 2 is 1.93 bits per heavy atom. The molecule has 1 aromatic heterocycles. The molecule has 0 radical (unpaired) electrons. The second-order valence-corrected chi connectivity index (χ2v) is 6.24. The van der Waals surface area contributed by atoms with Crippen molar-refractivity contribution in [2.24, 2.45) is 0 Å². The first-order chi connectivity index (χ1) is 12.7. The van der Waals surface area contributed by atoms with Gasteiger partial charge in [-0.3, -0.25) is 4.79 Å². The Bertz CT molecular complexity index is 990. The van der Waals surface area contributed by atoms with E-state index in [1.807, 2.05) is 0 Å². The number of carbonyl (C=O) groups excluding carboxylic acids is 1. The van der Waals surface area contributed by atoms with Gasteiger partial charge in [0.1, 0.15) is 6.54 Å². The van der Waals surface area contributed by atoms with Gasteiger partial charge in [-0.25, -0.2) is 0 Å². The Morgan fingerprint density at radius 1 is 1.15 bits per heavy atom. The van der Waals surface area contributed by atoms with Crippen LogP contribution in [0.5, 0.6) is 0 Å². The predicted octanol–water partition coefficient (Wildman–Crippen LogP) is 4.30. The van der Waals surface area contributed by atoms with Crippen molar-refractivity contribution >= 4 is 34.8 Å². The second-order valence-electron chi connectivity index (χ2n) is 5.39. The van der Waals surface area contributed by atoms with Gasteiger partial charge in [-0.05, 0) is 35.5 Å². The van der Waals surface area contributed by atoms with Crippen molar-refractivity contribution in [3.63, 3.8) is 0 Å². The molecule has 0 unspecified atom stereocenters. The summed E-state index contributed by atoms with van der Waals surface area (Å²) >= 11 is 11.8. The van der Waals surface area contributed by atoms with E-state index in [1.54, 1.807) is 6.07 Å². The van der Waals surface area contributed by atoms with E-state index in [9.17, 15) is 18.0 Å². The molecule has 140 valence electrons. The van der Waals surface area contributed by atoms with Crippen LogP contribution in [0.4, 0.5) is 18.9 Å². The van der Waals surface area contributed by atoms with E-state index in [-0.39, 0.29) is 17.9 Å². The molecule has 0 saturated heterocycles. The highest BCUT2D eigenvalue weighted by atomic mass is 35.5. The van der Waals surface area contributed by atoms with Crippen LogP contribution < -0.4 is 5.32 Å². The lowest BCUT2D eigenvalue weighted by molar-refractivity contribution is -0.137. The minimum absolute atomic E-state index is 0.0327. The molecule has 0 aliphatic carbocycles. The Labute approximate surface area is 160 Å². The number of carbonyl (C=O) groups is 1. The van der Waals surface area contributed by atoms with E-state index in [1.165, 1.54) is 24.3 Å².